The first-order valence-electron chi connectivity index (χ1n) is 11.8. The summed E-state index contributed by atoms with van der Waals surface area (Å²) in [6, 6.07) is 21.2. The molecule has 0 aromatic heterocycles. The molecule has 0 amide bonds. The van der Waals surface area contributed by atoms with Crippen LogP contribution in [0.2, 0.25) is 0 Å². The van der Waals surface area contributed by atoms with Crippen molar-refractivity contribution in [3.63, 3.8) is 0 Å². The minimum absolute atomic E-state index is 0.113. The van der Waals surface area contributed by atoms with Gasteiger partial charge in [0.15, 0.2) is 0 Å². The van der Waals surface area contributed by atoms with Crippen LogP contribution >= 0.6 is 0 Å². The maximum atomic E-state index is 8.08. The van der Waals surface area contributed by atoms with E-state index in [1.165, 1.54) is 24.0 Å². The van der Waals surface area contributed by atoms with E-state index < -0.39 is 0 Å². The maximum absolute atomic E-state index is 8.08. The number of hydrogen-bond donors (Lipinski definition) is 0. The molecule has 0 radical (unpaired) electrons. The van der Waals surface area contributed by atoms with E-state index in [-0.39, 0.29) is 11.5 Å². The molecule has 2 aromatic rings. The van der Waals surface area contributed by atoms with Crippen LogP contribution in [-0.4, -0.2) is 5.60 Å². The Balaban J connectivity index is 0.000000484. The minimum atomic E-state index is -0.113. The normalized spacial score (nSPS) is 13.3. The number of benzene rings is 2. The van der Waals surface area contributed by atoms with Crippen molar-refractivity contribution in [2.24, 2.45) is 5.92 Å². The quantitative estimate of drug-likeness (QED) is 0.464. The lowest BCUT2D eigenvalue weighted by atomic mass is 9.99. The molecule has 0 aliphatic heterocycles. The molecule has 3 unspecified atom stereocenters. The van der Waals surface area contributed by atoms with Crippen molar-refractivity contribution in [3.05, 3.63) is 65.7 Å². The van der Waals surface area contributed by atoms with E-state index in [1.54, 1.807) is 0 Å². The van der Waals surface area contributed by atoms with E-state index in [1.807, 2.05) is 13.8 Å². The highest BCUT2D eigenvalue weighted by Crippen LogP contribution is 2.23. The van der Waals surface area contributed by atoms with Crippen LogP contribution in [0.15, 0.2) is 54.6 Å². The van der Waals surface area contributed by atoms with Crippen LogP contribution in [0.25, 0.3) is 0 Å². The smallest absolute Gasteiger partial charge is 0.120 e. The van der Waals surface area contributed by atoms with Crippen LogP contribution in [0.1, 0.15) is 105 Å². The molecule has 0 heterocycles. The largest absolute Gasteiger partial charge is 0.488 e. The van der Waals surface area contributed by atoms with Gasteiger partial charge in [0.05, 0.1) is 6.07 Å². The standard InChI is InChI=1S/C14H22O.C10H14.C5H9N/c1-6-11(2)12-7-9-13(10-8-12)15-14(3,4)5;1-3-9(2)10-7-5-4-6-8-10;1-3-5(2)4-6/h7-11H,6H2,1-5H3;4-9H,3H2,1-2H3;5H,3H2,1-2H3. The monoisotopic (exact) mass is 423 g/mol. The lowest BCUT2D eigenvalue weighted by molar-refractivity contribution is 0.131. The fourth-order valence-electron chi connectivity index (χ4n) is 2.56. The van der Waals surface area contributed by atoms with Crippen LogP contribution in [0, 0.1) is 17.2 Å². The Kier molecular flexibility index (Phi) is 14.4. The predicted octanol–water partition coefficient (Wildman–Crippen LogP) is 9.13. The summed E-state index contributed by atoms with van der Waals surface area (Å²) in [5, 5.41) is 8.08. The van der Waals surface area contributed by atoms with Crippen LogP contribution in [-0.2, 0) is 0 Å². The van der Waals surface area contributed by atoms with E-state index in [0.29, 0.717) is 11.8 Å². The molecule has 2 rings (SSSR count). The first-order valence-corrected chi connectivity index (χ1v) is 11.8. The molecule has 2 heteroatoms. The third kappa shape index (κ3) is 13.6. The molecule has 0 saturated carbocycles. The van der Waals surface area contributed by atoms with Gasteiger partial charge >= 0.3 is 0 Å². The van der Waals surface area contributed by atoms with Crippen molar-refractivity contribution < 1.29 is 4.74 Å². The summed E-state index contributed by atoms with van der Waals surface area (Å²) >= 11 is 0. The fraction of sp³-hybridized carbons (Fsp3) is 0.552. The van der Waals surface area contributed by atoms with E-state index in [0.717, 1.165) is 12.2 Å². The van der Waals surface area contributed by atoms with Crippen molar-refractivity contribution in [1.29, 1.82) is 5.26 Å². The third-order valence-corrected chi connectivity index (χ3v) is 5.30. The van der Waals surface area contributed by atoms with Gasteiger partial charge in [0.1, 0.15) is 11.4 Å². The lowest BCUT2D eigenvalue weighted by Gasteiger charge is -2.21. The molecule has 0 aliphatic carbocycles. The molecule has 0 N–H and O–H groups in total. The predicted molar refractivity (Wildman–Crippen MR) is 136 cm³/mol. The molecule has 0 bridgehead atoms. The Hall–Kier alpha value is -2.27. The topological polar surface area (TPSA) is 33.0 Å². The second-order valence-corrected chi connectivity index (χ2v) is 9.25. The van der Waals surface area contributed by atoms with E-state index >= 15 is 0 Å². The van der Waals surface area contributed by atoms with Gasteiger partial charge in [-0.3, -0.25) is 0 Å². The van der Waals surface area contributed by atoms with E-state index in [2.05, 4.69) is 109 Å². The number of rotatable bonds is 6. The van der Waals surface area contributed by atoms with Gasteiger partial charge in [0, 0.05) is 5.92 Å². The first kappa shape index (κ1) is 28.7. The maximum Gasteiger partial charge on any atom is 0.120 e. The molecule has 31 heavy (non-hydrogen) atoms. The first-order chi connectivity index (χ1) is 14.6. The van der Waals surface area contributed by atoms with Crippen molar-refractivity contribution in [1.82, 2.24) is 0 Å². The van der Waals surface area contributed by atoms with Gasteiger partial charge in [-0.05, 0) is 82.1 Å². The summed E-state index contributed by atoms with van der Waals surface area (Å²) in [6.07, 6.45) is 3.37. The number of nitrogens with zero attached hydrogens (tertiary/aromatic N) is 1. The van der Waals surface area contributed by atoms with Gasteiger partial charge in [0.25, 0.3) is 0 Å². The molecule has 0 fully saturated rings. The number of nitriles is 1. The Labute approximate surface area is 192 Å². The Morgan fingerprint density at radius 2 is 1.19 bits per heavy atom. The highest BCUT2D eigenvalue weighted by Gasteiger charge is 2.11. The zero-order chi connectivity index (χ0) is 23.9. The van der Waals surface area contributed by atoms with Crippen molar-refractivity contribution in [3.8, 4) is 11.8 Å². The van der Waals surface area contributed by atoms with E-state index in [9.17, 15) is 0 Å². The molecule has 0 aliphatic rings. The Bertz CT molecular complexity index is 722. The molecule has 0 saturated heterocycles. The summed E-state index contributed by atoms with van der Waals surface area (Å²) < 4.78 is 5.77. The van der Waals surface area contributed by atoms with Crippen LogP contribution in [0.4, 0.5) is 0 Å². The molecule has 2 aromatic carbocycles. The summed E-state index contributed by atoms with van der Waals surface area (Å²) in [6.45, 7) is 19.1. The van der Waals surface area contributed by atoms with Crippen molar-refractivity contribution in [2.45, 2.75) is 99.0 Å². The van der Waals surface area contributed by atoms with Gasteiger partial charge in [0.2, 0.25) is 0 Å². The van der Waals surface area contributed by atoms with Gasteiger partial charge in [-0.25, -0.2) is 0 Å². The molecular formula is C29H45NO. The second kappa shape index (κ2) is 15.5. The highest BCUT2D eigenvalue weighted by atomic mass is 16.5. The van der Waals surface area contributed by atoms with Crippen molar-refractivity contribution >= 4 is 0 Å². The lowest BCUT2D eigenvalue weighted by Crippen LogP contribution is -2.22. The Morgan fingerprint density at radius 3 is 1.52 bits per heavy atom. The third-order valence-electron chi connectivity index (χ3n) is 5.30. The van der Waals surface area contributed by atoms with Crippen LogP contribution in [0.5, 0.6) is 5.75 Å². The Morgan fingerprint density at radius 1 is 0.742 bits per heavy atom. The number of ether oxygens (including phenoxy) is 1. The molecule has 2 nitrogen and oxygen atoms in total. The molecule has 172 valence electrons. The van der Waals surface area contributed by atoms with Crippen LogP contribution < -0.4 is 4.74 Å². The SMILES string of the molecule is CCC(C)C#N.CCC(C)c1ccc(OC(C)(C)C)cc1.CCC(C)c1ccccc1. The zero-order valence-electron chi connectivity index (χ0n) is 21.4. The minimum Gasteiger partial charge on any atom is -0.488 e. The average Bonchev–Trinajstić information content (AvgIpc) is 2.78. The molecule has 0 spiro atoms. The van der Waals surface area contributed by atoms with Gasteiger partial charge < -0.3 is 4.74 Å². The van der Waals surface area contributed by atoms with Gasteiger partial charge in [-0.2, -0.15) is 5.26 Å². The second-order valence-electron chi connectivity index (χ2n) is 9.25. The average molecular weight is 424 g/mol. The summed E-state index contributed by atoms with van der Waals surface area (Å²) in [5.41, 5.74) is 2.72. The molecular weight excluding hydrogens is 378 g/mol. The molecule has 3 atom stereocenters. The van der Waals surface area contributed by atoms with Gasteiger partial charge in [-0.15, -0.1) is 0 Å². The van der Waals surface area contributed by atoms with Crippen LogP contribution in [0.3, 0.4) is 0 Å². The summed E-state index contributed by atoms with van der Waals surface area (Å²) in [5.74, 6) is 2.54. The number of hydrogen-bond acceptors (Lipinski definition) is 2. The summed E-state index contributed by atoms with van der Waals surface area (Å²) in [7, 11) is 0. The van der Waals surface area contributed by atoms with E-state index in [4.69, 9.17) is 10.00 Å². The van der Waals surface area contributed by atoms with Crippen molar-refractivity contribution in [2.75, 3.05) is 0 Å². The summed E-state index contributed by atoms with van der Waals surface area (Å²) in [4.78, 5) is 0. The van der Waals surface area contributed by atoms with Gasteiger partial charge in [-0.1, -0.05) is 77.1 Å². The highest BCUT2D eigenvalue weighted by molar-refractivity contribution is 5.29. The zero-order valence-corrected chi connectivity index (χ0v) is 21.4. The fourth-order valence-corrected chi connectivity index (χ4v) is 2.56.